The van der Waals surface area contributed by atoms with Gasteiger partial charge in [0.2, 0.25) is 0 Å². The van der Waals surface area contributed by atoms with Crippen molar-refractivity contribution in [3.05, 3.63) is 12.2 Å². The van der Waals surface area contributed by atoms with Crippen molar-refractivity contribution >= 4 is 5.97 Å². The molecule has 0 saturated heterocycles. The summed E-state index contributed by atoms with van der Waals surface area (Å²) in [5.41, 5.74) is 0. The Kier molecular flexibility index (Phi) is 13.6. The third-order valence-electron chi connectivity index (χ3n) is 2.90. The molecule has 0 bridgehead atoms. The molecule has 0 unspecified atom stereocenters. The van der Waals surface area contributed by atoms with Crippen molar-refractivity contribution in [2.24, 2.45) is 0 Å². The molecule has 0 aromatic heterocycles. The third-order valence-corrected chi connectivity index (χ3v) is 2.90. The predicted octanol–water partition coefficient (Wildman–Crippen LogP) is 5.03. The quantitative estimate of drug-likeness (QED) is 0.277. The van der Waals surface area contributed by atoms with Crippen LogP contribution < -0.4 is 0 Å². The number of allylic oxidation sites excluding steroid dienone is 2. The second-order valence-electron chi connectivity index (χ2n) is 4.79. The van der Waals surface area contributed by atoms with E-state index in [4.69, 9.17) is 4.74 Å². The van der Waals surface area contributed by atoms with Gasteiger partial charge in [-0.05, 0) is 32.1 Å². The smallest absolute Gasteiger partial charge is 0.305 e. The maximum Gasteiger partial charge on any atom is 0.305 e. The molecule has 0 N–H and O–H groups in total. The maximum atomic E-state index is 11.3. The molecule has 0 atom stereocenters. The average molecular weight is 254 g/mol. The highest BCUT2D eigenvalue weighted by Gasteiger charge is 2.00. The largest absolute Gasteiger partial charge is 0.466 e. The molecule has 0 radical (unpaired) electrons. The SMILES string of the molecule is CCCCCC=CCCCOC(=O)CCCCC. The van der Waals surface area contributed by atoms with Crippen molar-refractivity contribution in [3.63, 3.8) is 0 Å². The van der Waals surface area contributed by atoms with E-state index in [1.54, 1.807) is 0 Å². The Morgan fingerprint density at radius 1 is 0.889 bits per heavy atom. The van der Waals surface area contributed by atoms with E-state index >= 15 is 0 Å². The van der Waals surface area contributed by atoms with Crippen molar-refractivity contribution in [3.8, 4) is 0 Å². The lowest BCUT2D eigenvalue weighted by atomic mass is 10.2. The van der Waals surface area contributed by atoms with Crippen molar-refractivity contribution in [2.45, 2.75) is 78.1 Å². The van der Waals surface area contributed by atoms with Crippen LogP contribution in [0.2, 0.25) is 0 Å². The minimum atomic E-state index is -0.0321. The molecule has 0 saturated carbocycles. The van der Waals surface area contributed by atoms with Gasteiger partial charge in [-0.25, -0.2) is 0 Å². The summed E-state index contributed by atoms with van der Waals surface area (Å²) >= 11 is 0. The van der Waals surface area contributed by atoms with Crippen LogP contribution in [0.25, 0.3) is 0 Å². The molecule has 0 aliphatic rings. The molecule has 0 aliphatic heterocycles. The molecule has 0 aromatic carbocycles. The molecular weight excluding hydrogens is 224 g/mol. The Bertz CT molecular complexity index is 209. The molecule has 0 aromatic rings. The van der Waals surface area contributed by atoms with Gasteiger partial charge in [0.25, 0.3) is 0 Å². The fraction of sp³-hybridized carbons (Fsp3) is 0.812. The summed E-state index contributed by atoms with van der Waals surface area (Å²) in [6, 6.07) is 0. The Morgan fingerprint density at radius 3 is 2.17 bits per heavy atom. The lowest BCUT2D eigenvalue weighted by Crippen LogP contribution is -2.05. The standard InChI is InChI=1S/C16H30O2/c1-3-5-7-8-9-10-11-13-15-18-16(17)14-12-6-4-2/h9-10H,3-8,11-15H2,1-2H3. The summed E-state index contributed by atoms with van der Waals surface area (Å²) in [7, 11) is 0. The van der Waals surface area contributed by atoms with Crippen LogP contribution in [0.4, 0.5) is 0 Å². The average Bonchev–Trinajstić information content (AvgIpc) is 2.37. The predicted molar refractivity (Wildman–Crippen MR) is 77.6 cm³/mol. The first-order valence-electron chi connectivity index (χ1n) is 7.61. The van der Waals surface area contributed by atoms with Gasteiger partial charge in [0, 0.05) is 6.42 Å². The first-order chi connectivity index (χ1) is 8.81. The monoisotopic (exact) mass is 254 g/mol. The normalized spacial score (nSPS) is 11.0. The van der Waals surface area contributed by atoms with E-state index < -0.39 is 0 Å². The number of rotatable bonds is 12. The van der Waals surface area contributed by atoms with Gasteiger partial charge in [0.1, 0.15) is 0 Å². The summed E-state index contributed by atoms with van der Waals surface area (Å²) in [6.45, 7) is 4.93. The number of carbonyl (C=O) groups excluding carboxylic acids is 1. The number of esters is 1. The molecule has 2 heteroatoms. The Balaban J connectivity index is 3.21. The van der Waals surface area contributed by atoms with E-state index in [9.17, 15) is 4.79 Å². The van der Waals surface area contributed by atoms with Gasteiger partial charge < -0.3 is 4.74 Å². The van der Waals surface area contributed by atoms with Crippen molar-refractivity contribution in [1.82, 2.24) is 0 Å². The number of unbranched alkanes of at least 4 members (excludes halogenated alkanes) is 6. The number of carbonyl (C=O) groups is 1. The van der Waals surface area contributed by atoms with E-state index in [2.05, 4.69) is 26.0 Å². The van der Waals surface area contributed by atoms with Crippen LogP contribution in [-0.2, 0) is 9.53 Å². The van der Waals surface area contributed by atoms with Crippen LogP contribution in [0, 0.1) is 0 Å². The van der Waals surface area contributed by atoms with Crippen LogP contribution in [-0.4, -0.2) is 12.6 Å². The molecule has 0 spiro atoms. The van der Waals surface area contributed by atoms with E-state index in [0.717, 1.165) is 32.1 Å². The van der Waals surface area contributed by atoms with Crippen LogP contribution in [0.1, 0.15) is 78.1 Å². The minimum absolute atomic E-state index is 0.0321. The molecule has 0 rings (SSSR count). The van der Waals surface area contributed by atoms with Crippen LogP contribution in [0.5, 0.6) is 0 Å². The maximum absolute atomic E-state index is 11.3. The van der Waals surface area contributed by atoms with Crippen LogP contribution in [0.15, 0.2) is 12.2 Å². The highest BCUT2D eigenvalue weighted by atomic mass is 16.5. The van der Waals surface area contributed by atoms with E-state index in [1.165, 1.54) is 25.7 Å². The summed E-state index contributed by atoms with van der Waals surface area (Å²) in [4.78, 5) is 11.3. The Morgan fingerprint density at radius 2 is 1.50 bits per heavy atom. The topological polar surface area (TPSA) is 26.3 Å². The number of hydrogen-bond donors (Lipinski definition) is 0. The lowest BCUT2D eigenvalue weighted by Gasteiger charge is -2.03. The third kappa shape index (κ3) is 13.3. The van der Waals surface area contributed by atoms with Gasteiger partial charge in [-0.1, -0.05) is 51.7 Å². The molecule has 106 valence electrons. The minimum Gasteiger partial charge on any atom is -0.466 e. The highest BCUT2D eigenvalue weighted by Crippen LogP contribution is 2.03. The van der Waals surface area contributed by atoms with E-state index in [0.29, 0.717) is 13.0 Å². The van der Waals surface area contributed by atoms with Crippen LogP contribution >= 0.6 is 0 Å². The lowest BCUT2D eigenvalue weighted by molar-refractivity contribution is -0.143. The molecule has 0 amide bonds. The molecule has 18 heavy (non-hydrogen) atoms. The zero-order valence-electron chi connectivity index (χ0n) is 12.2. The van der Waals surface area contributed by atoms with Gasteiger partial charge in [-0.15, -0.1) is 0 Å². The zero-order valence-corrected chi connectivity index (χ0v) is 12.2. The molecule has 0 heterocycles. The van der Waals surface area contributed by atoms with Crippen LogP contribution in [0.3, 0.4) is 0 Å². The Hall–Kier alpha value is -0.790. The fourth-order valence-electron chi connectivity index (χ4n) is 1.73. The van der Waals surface area contributed by atoms with Crippen molar-refractivity contribution in [2.75, 3.05) is 6.61 Å². The van der Waals surface area contributed by atoms with Crippen molar-refractivity contribution < 1.29 is 9.53 Å². The Labute approximate surface area is 113 Å². The van der Waals surface area contributed by atoms with Gasteiger partial charge in [0.15, 0.2) is 0 Å². The summed E-state index contributed by atoms with van der Waals surface area (Å²) in [5.74, 6) is -0.0321. The second kappa shape index (κ2) is 14.3. The molecular formula is C16H30O2. The molecule has 0 aliphatic carbocycles. The van der Waals surface area contributed by atoms with Gasteiger partial charge >= 0.3 is 5.97 Å². The number of hydrogen-bond acceptors (Lipinski definition) is 2. The number of ether oxygens (including phenoxy) is 1. The summed E-state index contributed by atoms with van der Waals surface area (Å²) in [6.07, 6.45) is 15.3. The molecule has 0 fully saturated rings. The van der Waals surface area contributed by atoms with Gasteiger partial charge in [-0.2, -0.15) is 0 Å². The van der Waals surface area contributed by atoms with E-state index in [-0.39, 0.29) is 5.97 Å². The first kappa shape index (κ1) is 17.2. The van der Waals surface area contributed by atoms with Gasteiger partial charge in [-0.3, -0.25) is 4.79 Å². The van der Waals surface area contributed by atoms with Crippen molar-refractivity contribution in [1.29, 1.82) is 0 Å². The second-order valence-corrected chi connectivity index (χ2v) is 4.79. The van der Waals surface area contributed by atoms with E-state index in [1.807, 2.05) is 0 Å². The summed E-state index contributed by atoms with van der Waals surface area (Å²) in [5, 5.41) is 0. The zero-order chi connectivity index (χ0) is 13.5. The first-order valence-corrected chi connectivity index (χ1v) is 7.61. The summed E-state index contributed by atoms with van der Waals surface area (Å²) < 4.78 is 5.16. The van der Waals surface area contributed by atoms with Gasteiger partial charge in [0.05, 0.1) is 6.61 Å². The molecule has 2 nitrogen and oxygen atoms in total. The highest BCUT2D eigenvalue weighted by molar-refractivity contribution is 5.69. The fourth-order valence-corrected chi connectivity index (χ4v) is 1.73.